The monoisotopic (exact) mass is 552 g/mol. The second kappa shape index (κ2) is 11.2. The van der Waals surface area contributed by atoms with Gasteiger partial charge in [-0.15, -0.1) is 0 Å². The van der Waals surface area contributed by atoms with E-state index >= 15 is 0 Å². The molecule has 9 heteroatoms. The molecule has 2 aliphatic carbocycles. The normalized spacial score (nSPS) is 17.7. The predicted molar refractivity (Wildman–Crippen MR) is 145 cm³/mol. The Morgan fingerprint density at radius 3 is 2.21 bits per heavy atom. The lowest BCUT2D eigenvalue weighted by molar-refractivity contribution is -0.118. The summed E-state index contributed by atoms with van der Waals surface area (Å²) < 4.78 is 24.8. The smallest absolute Gasteiger partial charge is 0.262 e. The van der Waals surface area contributed by atoms with Crippen LogP contribution in [0.1, 0.15) is 56.9 Å². The van der Waals surface area contributed by atoms with Crippen molar-refractivity contribution in [3.8, 4) is 11.5 Å². The first-order valence-corrected chi connectivity index (χ1v) is 13.6. The lowest BCUT2D eigenvalue weighted by Gasteiger charge is -2.42. The predicted octanol–water partition coefficient (Wildman–Crippen LogP) is 5.94. The lowest BCUT2D eigenvalue weighted by Crippen LogP contribution is -2.37. The molecule has 7 nitrogen and oxygen atoms in total. The summed E-state index contributed by atoms with van der Waals surface area (Å²) in [6.45, 7) is 1.77. The maximum atomic E-state index is 13.3. The topological polar surface area (TPSA) is 84.9 Å². The summed E-state index contributed by atoms with van der Waals surface area (Å²) in [6, 6.07) is 8.86. The van der Waals surface area contributed by atoms with Crippen LogP contribution in [0.5, 0.6) is 11.5 Å². The first kappa shape index (κ1) is 26.9. The number of ether oxygens (including phenoxy) is 2. The highest BCUT2D eigenvalue weighted by Crippen LogP contribution is 2.50. The molecule has 0 spiro atoms. The van der Waals surface area contributed by atoms with Gasteiger partial charge in [-0.3, -0.25) is 14.4 Å². The fraction of sp³-hybridized carbons (Fsp3) is 0.367. The summed E-state index contributed by atoms with van der Waals surface area (Å²) in [7, 11) is 1.95. The Labute approximate surface area is 231 Å². The van der Waals surface area contributed by atoms with E-state index in [1.165, 1.54) is 24.3 Å². The molecule has 0 aromatic heterocycles. The van der Waals surface area contributed by atoms with E-state index < -0.39 is 17.6 Å². The minimum atomic E-state index is -0.528. The number of amides is 1. The zero-order valence-corrected chi connectivity index (χ0v) is 22.7. The molecule has 1 amide bonds. The molecular formula is C30H30ClFN2O5. The highest BCUT2D eigenvalue weighted by Gasteiger charge is 2.42. The van der Waals surface area contributed by atoms with E-state index in [2.05, 4.69) is 10.2 Å². The molecule has 0 saturated carbocycles. The van der Waals surface area contributed by atoms with Crippen molar-refractivity contribution in [2.75, 3.05) is 25.6 Å². The summed E-state index contributed by atoms with van der Waals surface area (Å²) in [6.07, 6.45) is 3.99. The molecule has 0 fully saturated rings. The molecule has 1 aliphatic heterocycles. The van der Waals surface area contributed by atoms with Gasteiger partial charge in [0.15, 0.2) is 29.7 Å². The molecule has 5 rings (SSSR count). The Morgan fingerprint density at radius 2 is 1.62 bits per heavy atom. The first-order valence-electron chi connectivity index (χ1n) is 13.2. The van der Waals surface area contributed by atoms with Gasteiger partial charge in [-0.05, 0) is 74.6 Å². The van der Waals surface area contributed by atoms with E-state index in [0.717, 1.165) is 37.1 Å². The Morgan fingerprint density at radius 1 is 1.00 bits per heavy atom. The summed E-state index contributed by atoms with van der Waals surface area (Å²) in [4.78, 5) is 41.1. The van der Waals surface area contributed by atoms with Crippen molar-refractivity contribution < 1.29 is 28.2 Å². The molecule has 0 unspecified atom stereocenters. The van der Waals surface area contributed by atoms with Crippen molar-refractivity contribution in [2.24, 2.45) is 0 Å². The van der Waals surface area contributed by atoms with Crippen molar-refractivity contribution in [3.63, 3.8) is 0 Å². The van der Waals surface area contributed by atoms with E-state index in [1.54, 1.807) is 12.1 Å². The second-order valence-corrected chi connectivity index (χ2v) is 10.3. The van der Waals surface area contributed by atoms with E-state index in [9.17, 15) is 18.8 Å². The fourth-order valence-electron chi connectivity index (χ4n) is 5.71. The number of Topliss-reactive ketones (excluding diaryl/α,β-unsaturated/α-hetero) is 2. The summed E-state index contributed by atoms with van der Waals surface area (Å²) in [5.74, 6) is -0.779. The van der Waals surface area contributed by atoms with Crippen molar-refractivity contribution in [3.05, 3.63) is 75.3 Å². The summed E-state index contributed by atoms with van der Waals surface area (Å²) in [5.41, 5.74) is 4.37. The van der Waals surface area contributed by atoms with Gasteiger partial charge < -0.3 is 19.7 Å². The number of benzene rings is 2. The number of rotatable bonds is 7. The van der Waals surface area contributed by atoms with Gasteiger partial charge in [0.2, 0.25) is 0 Å². The van der Waals surface area contributed by atoms with E-state index in [1.807, 2.05) is 14.0 Å². The molecule has 0 bridgehead atoms. The van der Waals surface area contributed by atoms with Gasteiger partial charge in [-0.25, -0.2) is 4.39 Å². The molecule has 204 valence electrons. The number of hydrogen-bond donors (Lipinski definition) is 1. The van der Waals surface area contributed by atoms with Gasteiger partial charge in [0.05, 0.1) is 11.6 Å². The number of nitrogens with one attached hydrogen (secondary N) is 1. The quantitative estimate of drug-likeness (QED) is 0.458. The van der Waals surface area contributed by atoms with E-state index in [0.29, 0.717) is 47.6 Å². The highest BCUT2D eigenvalue weighted by atomic mass is 35.5. The Bertz CT molecular complexity index is 1350. The average Bonchev–Trinajstić information content (AvgIpc) is 2.91. The number of nitrogens with zero attached hydrogens (tertiary/aromatic N) is 1. The number of carbonyl (C=O) groups is 3. The number of anilines is 1. The van der Waals surface area contributed by atoms with Crippen LogP contribution in [0.15, 0.2) is 58.9 Å². The number of carbonyl (C=O) groups excluding carboxylic acids is 3. The summed E-state index contributed by atoms with van der Waals surface area (Å²) in [5, 5.41) is 2.85. The zero-order valence-electron chi connectivity index (χ0n) is 21.9. The van der Waals surface area contributed by atoms with Gasteiger partial charge >= 0.3 is 0 Å². The fourth-order valence-corrected chi connectivity index (χ4v) is 5.99. The third-order valence-corrected chi connectivity index (χ3v) is 7.67. The Hall–Kier alpha value is -3.65. The van der Waals surface area contributed by atoms with Crippen molar-refractivity contribution in [1.82, 2.24) is 4.90 Å². The van der Waals surface area contributed by atoms with Crippen molar-refractivity contribution >= 4 is 34.8 Å². The first-order chi connectivity index (χ1) is 18.8. The molecule has 3 aliphatic rings. The molecule has 2 aromatic rings. The van der Waals surface area contributed by atoms with Gasteiger partial charge in [0, 0.05) is 54.0 Å². The van der Waals surface area contributed by atoms with Crippen LogP contribution < -0.4 is 14.8 Å². The van der Waals surface area contributed by atoms with E-state index in [4.69, 9.17) is 21.1 Å². The minimum Gasteiger partial charge on any atom is -0.490 e. The average molecular weight is 553 g/mol. The van der Waals surface area contributed by atoms with Gasteiger partial charge in [-0.1, -0.05) is 11.6 Å². The van der Waals surface area contributed by atoms with Gasteiger partial charge in [-0.2, -0.15) is 0 Å². The van der Waals surface area contributed by atoms with Gasteiger partial charge in [0.1, 0.15) is 5.82 Å². The van der Waals surface area contributed by atoms with Gasteiger partial charge in [0.25, 0.3) is 5.91 Å². The highest BCUT2D eigenvalue weighted by molar-refractivity contribution is 6.32. The van der Waals surface area contributed by atoms with Crippen LogP contribution in [-0.4, -0.2) is 42.6 Å². The van der Waals surface area contributed by atoms with Crippen LogP contribution in [0.2, 0.25) is 5.02 Å². The van der Waals surface area contributed by atoms with Crippen LogP contribution in [-0.2, 0) is 14.4 Å². The molecule has 39 heavy (non-hydrogen) atoms. The minimum absolute atomic E-state index is 0.0462. The number of ketones is 2. The zero-order chi connectivity index (χ0) is 27.7. The van der Waals surface area contributed by atoms with Crippen molar-refractivity contribution in [1.29, 1.82) is 0 Å². The maximum Gasteiger partial charge on any atom is 0.262 e. The lowest BCUT2D eigenvalue weighted by atomic mass is 9.71. The number of hydrogen-bond acceptors (Lipinski definition) is 6. The van der Waals surface area contributed by atoms with Crippen LogP contribution >= 0.6 is 11.6 Å². The molecular weight excluding hydrogens is 523 g/mol. The molecule has 0 atom stereocenters. The summed E-state index contributed by atoms with van der Waals surface area (Å²) >= 11 is 6.71. The third kappa shape index (κ3) is 5.30. The molecule has 1 heterocycles. The number of allylic oxidation sites excluding steroid dienone is 4. The Balaban J connectivity index is 1.49. The van der Waals surface area contributed by atoms with Crippen LogP contribution in [0, 0.1) is 5.82 Å². The Kier molecular flexibility index (Phi) is 7.75. The largest absolute Gasteiger partial charge is 0.490 e. The van der Waals surface area contributed by atoms with Crippen LogP contribution in [0.3, 0.4) is 0 Å². The second-order valence-electron chi connectivity index (χ2n) is 9.87. The van der Waals surface area contributed by atoms with Crippen molar-refractivity contribution in [2.45, 2.75) is 51.4 Å². The maximum absolute atomic E-state index is 13.3. The SMILES string of the molecule is CCOc1cc(C2C3=C(CCCC3=O)N(C)C3=C2C(=O)CCC3)cc(Cl)c1OCC(=O)Nc1ccc(F)cc1. The molecule has 2 aromatic carbocycles. The standard InChI is InChI=1S/C30H30ClFN2O5/c1-3-38-25-15-17(14-20(31)30(25)39-16-26(37)33-19-12-10-18(32)11-13-19)27-28-21(6-4-8-23(28)35)34(2)22-7-5-9-24(36)29(22)27/h10-15,27H,3-9,16H2,1-2H3,(H,33,37). The van der Waals surface area contributed by atoms with E-state index in [-0.39, 0.29) is 28.9 Å². The number of halogens is 2. The third-order valence-electron chi connectivity index (χ3n) is 7.39. The molecule has 0 saturated heterocycles. The molecule has 1 N–H and O–H groups in total. The molecule has 0 radical (unpaired) electrons. The van der Waals surface area contributed by atoms with Crippen LogP contribution in [0.25, 0.3) is 0 Å². The van der Waals surface area contributed by atoms with Crippen LogP contribution in [0.4, 0.5) is 10.1 Å².